The van der Waals surface area contributed by atoms with Crippen LogP contribution in [0.25, 0.3) is 0 Å². The van der Waals surface area contributed by atoms with E-state index in [0.29, 0.717) is 0 Å². The molecule has 1 aliphatic carbocycles. The molecule has 1 aliphatic heterocycles. The molecule has 2 rings (SSSR count). The summed E-state index contributed by atoms with van der Waals surface area (Å²) in [5, 5.41) is 3.77. The van der Waals surface area contributed by atoms with Gasteiger partial charge in [0.25, 0.3) is 0 Å². The lowest BCUT2D eigenvalue weighted by molar-refractivity contribution is 0.253. The monoisotopic (exact) mass is 223 g/mol. The highest BCUT2D eigenvalue weighted by molar-refractivity contribution is 4.80. The molecule has 1 heteroatoms. The highest BCUT2D eigenvalue weighted by Crippen LogP contribution is 2.27. The van der Waals surface area contributed by atoms with Crippen LogP contribution in [0.1, 0.15) is 77.0 Å². The fraction of sp³-hybridized carbons (Fsp3) is 1.00. The van der Waals surface area contributed by atoms with E-state index in [-0.39, 0.29) is 0 Å². The standard InChI is InChI=1S/C15H29N/c1-2-4-6-10-14(11-7-5-3-1)15-12-8-9-13-16-15/h14-16H,1-13H2. The topological polar surface area (TPSA) is 12.0 Å². The van der Waals surface area contributed by atoms with Gasteiger partial charge in [-0.25, -0.2) is 0 Å². The molecule has 0 aromatic rings. The summed E-state index contributed by atoms with van der Waals surface area (Å²) in [4.78, 5) is 0. The third-order valence-corrected chi connectivity index (χ3v) is 4.57. The van der Waals surface area contributed by atoms with Gasteiger partial charge in [-0.15, -0.1) is 0 Å². The summed E-state index contributed by atoms with van der Waals surface area (Å²) in [6.07, 6.45) is 17.7. The first kappa shape index (κ1) is 12.4. The summed E-state index contributed by atoms with van der Waals surface area (Å²) >= 11 is 0. The second-order valence-electron chi connectivity index (χ2n) is 5.87. The fourth-order valence-corrected chi connectivity index (χ4v) is 3.52. The van der Waals surface area contributed by atoms with Crippen molar-refractivity contribution in [1.82, 2.24) is 5.32 Å². The minimum Gasteiger partial charge on any atom is -0.314 e. The Bertz CT molecular complexity index is 162. The van der Waals surface area contributed by atoms with Crippen molar-refractivity contribution in [2.45, 2.75) is 83.1 Å². The Hall–Kier alpha value is -0.0400. The smallest absolute Gasteiger partial charge is 0.00953 e. The highest BCUT2D eigenvalue weighted by Gasteiger charge is 2.22. The van der Waals surface area contributed by atoms with Gasteiger partial charge in [0.15, 0.2) is 0 Å². The Balaban J connectivity index is 1.78. The predicted molar refractivity (Wildman–Crippen MR) is 70.7 cm³/mol. The predicted octanol–water partition coefficient (Wildman–Crippen LogP) is 4.27. The molecule has 2 aliphatic rings. The quantitative estimate of drug-likeness (QED) is 0.700. The molecule has 0 aromatic carbocycles. The maximum Gasteiger partial charge on any atom is 0.00953 e. The van der Waals surface area contributed by atoms with Crippen LogP contribution >= 0.6 is 0 Å². The van der Waals surface area contributed by atoms with Crippen LogP contribution < -0.4 is 5.32 Å². The van der Waals surface area contributed by atoms with Crippen LogP contribution in [0.4, 0.5) is 0 Å². The molecule has 0 radical (unpaired) electrons. The molecular weight excluding hydrogens is 194 g/mol. The van der Waals surface area contributed by atoms with Gasteiger partial charge in [-0.3, -0.25) is 0 Å². The van der Waals surface area contributed by atoms with Crippen LogP contribution in [0.2, 0.25) is 0 Å². The Morgan fingerprint density at radius 2 is 1.12 bits per heavy atom. The van der Waals surface area contributed by atoms with Gasteiger partial charge in [-0.05, 0) is 38.1 Å². The molecule has 0 amide bonds. The zero-order valence-corrected chi connectivity index (χ0v) is 10.8. The number of hydrogen-bond acceptors (Lipinski definition) is 1. The Labute approximate surface area is 101 Å². The molecule has 1 saturated carbocycles. The van der Waals surface area contributed by atoms with Gasteiger partial charge in [0.2, 0.25) is 0 Å². The molecule has 1 unspecified atom stereocenters. The minimum atomic E-state index is 0.869. The number of rotatable bonds is 1. The Kier molecular flexibility index (Phi) is 5.68. The van der Waals surface area contributed by atoms with Gasteiger partial charge in [0, 0.05) is 6.04 Å². The van der Waals surface area contributed by atoms with Crippen molar-refractivity contribution < 1.29 is 0 Å². The molecule has 94 valence electrons. The first-order valence-corrected chi connectivity index (χ1v) is 7.70. The maximum atomic E-state index is 3.77. The molecule has 1 atom stereocenters. The van der Waals surface area contributed by atoms with E-state index in [1.54, 1.807) is 0 Å². The van der Waals surface area contributed by atoms with E-state index in [0.717, 1.165) is 12.0 Å². The zero-order chi connectivity index (χ0) is 11.1. The summed E-state index contributed by atoms with van der Waals surface area (Å²) in [5.74, 6) is 0.999. The normalized spacial score (nSPS) is 31.1. The summed E-state index contributed by atoms with van der Waals surface area (Å²) in [7, 11) is 0. The van der Waals surface area contributed by atoms with Crippen LogP contribution in [-0.2, 0) is 0 Å². The first-order valence-electron chi connectivity index (χ1n) is 7.70. The van der Waals surface area contributed by atoms with Crippen LogP contribution in [0, 0.1) is 5.92 Å². The molecule has 1 heterocycles. The molecular formula is C15H29N. The van der Waals surface area contributed by atoms with Gasteiger partial charge >= 0.3 is 0 Å². The van der Waals surface area contributed by atoms with Gasteiger partial charge in [0.1, 0.15) is 0 Å². The number of nitrogens with one attached hydrogen (secondary N) is 1. The van der Waals surface area contributed by atoms with Crippen LogP contribution in [0.5, 0.6) is 0 Å². The summed E-state index contributed by atoms with van der Waals surface area (Å²) < 4.78 is 0. The zero-order valence-electron chi connectivity index (χ0n) is 10.8. The largest absolute Gasteiger partial charge is 0.314 e. The van der Waals surface area contributed by atoms with Crippen molar-refractivity contribution in [3.05, 3.63) is 0 Å². The second kappa shape index (κ2) is 7.32. The van der Waals surface area contributed by atoms with Crippen LogP contribution in [0.15, 0.2) is 0 Å². The number of hydrogen-bond donors (Lipinski definition) is 1. The van der Waals surface area contributed by atoms with E-state index in [9.17, 15) is 0 Å². The second-order valence-corrected chi connectivity index (χ2v) is 5.87. The molecule has 0 aromatic heterocycles. The third-order valence-electron chi connectivity index (χ3n) is 4.57. The molecule has 0 bridgehead atoms. The molecule has 16 heavy (non-hydrogen) atoms. The van der Waals surface area contributed by atoms with Crippen LogP contribution in [-0.4, -0.2) is 12.6 Å². The van der Waals surface area contributed by atoms with Crippen molar-refractivity contribution in [3.8, 4) is 0 Å². The fourth-order valence-electron chi connectivity index (χ4n) is 3.52. The lowest BCUT2D eigenvalue weighted by Crippen LogP contribution is -2.40. The molecule has 1 saturated heterocycles. The van der Waals surface area contributed by atoms with Crippen molar-refractivity contribution in [2.75, 3.05) is 6.54 Å². The molecule has 2 fully saturated rings. The van der Waals surface area contributed by atoms with E-state index in [4.69, 9.17) is 0 Å². The first-order chi connectivity index (χ1) is 7.97. The Morgan fingerprint density at radius 3 is 1.69 bits per heavy atom. The van der Waals surface area contributed by atoms with E-state index in [2.05, 4.69) is 5.32 Å². The van der Waals surface area contributed by atoms with Gasteiger partial charge in [0.05, 0.1) is 0 Å². The van der Waals surface area contributed by atoms with E-state index in [1.165, 1.54) is 83.6 Å². The van der Waals surface area contributed by atoms with Gasteiger partial charge in [-0.1, -0.05) is 51.4 Å². The summed E-state index contributed by atoms with van der Waals surface area (Å²) in [5.41, 5.74) is 0. The average molecular weight is 223 g/mol. The van der Waals surface area contributed by atoms with Gasteiger partial charge < -0.3 is 5.32 Å². The molecule has 1 nitrogen and oxygen atoms in total. The lowest BCUT2D eigenvalue weighted by atomic mass is 9.83. The summed E-state index contributed by atoms with van der Waals surface area (Å²) in [6, 6.07) is 0.869. The highest BCUT2D eigenvalue weighted by atomic mass is 14.9. The van der Waals surface area contributed by atoms with Crippen molar-refractivity contribution in [2.24, 2.45) is 5.92 Å². The van der Waals surface area contributed by atoms with Crippen molar-refractivity contribution in [1.29, 1.82) is 0 Å². The lowest BCUT2D eigenvalue weighted by Gasteiger charge is -2.32. The SMILES string of the molecule is C1CCCCC(C2CCCCN2)CCCC1. The van der Waals surface area contributed by atoms with Crippen molar-refractivity contribution in [3.63, 3.8) is 0 Å². The molecule has 0 spiro atoms. The third kappa shape index (κ3) is 4.08. The van der Waals surface area contributed by atoms with E-state index < -0.39 is 0 Å². The summed E-state index contributed by atoms with van der Waals surface area (Å²) in [6.45, 7) is 1.28. The Morgan fingerprint density at radius 1 is 0.562 bits per heavy atom. The van der Waals surface area contributed by atoms with E-state index in [1.807, 2.05) is 0 Å². The number of piperidine rings is 1. The van der Waals surface area contributed by atoms with E-state index >= 15 is 0 Å². The average Bonchev–Trinajstić information content (AvgIpc) is 2.37. The van der Waals surface area contributed by atoms with Crippen molar-refractivity contribution >= 4 is 0 Å². The minimum absolute atomic E-state index is 0.869. The van der Waals surface area contributed by atoms with Crippen LogP contribution in [0.3, 0.4) is 0 Å². The van der Waals surface area contributed by atoms with Gasteiger partial charge in [-0.2, -0.15) is 0 Å². The molecule has 1 N–H and O–H groups in total. The maximum absolute atomic E-state index is 3.77.